The molecule has 2 heterocycles. The van der Waals surface area contributed by atoms with Gasteiger partial charge >= 0.3 is 0 Å². The maximum Gasteiger partial charge on any atom is 0.145 e. The van der Waals surface area contributed by atoms with Crippen molar-refractivity contribution in [3.63, 3.8) is 0 Å². The first-order valence-corrected chi connectivity index (χ1v) is 5.53. The second-order valence-corrected chi connectivity index (χ2v) is 4.20. The van der Waals surface area contributed by atoms with Crippen molar-refractivity contribution < 1.29 is 4.39 Å². The van der Waals surface area contributed by atoms with Crippen LogP contribution in [0.2, 0.25) is 0 Å². The van der Waals surface area contributed by atoms with Crippen LogP contribution in [0, 0.1) is 9.52 Å². The third-order valence-electron chi connectivity index (χ3n) is 2.00. The van der Waals surface area contributed by atoms with Gasteiger partial charge in [-0.05, 0) is 52.4 Å². The number of rotatable bonds is 2. The SMILES string of the molecule is Fc1cccnc1Cc1ccnc(I)c1. The summed E-state index contributed by atoms with van der Waals surface area (Å²) < 4.78 is 14.2. The monoisotopic (exact) mass is 314 g/mol. The van der Waals surface area contributed by atoms with Gasteiger partial charge in [-0.1, -0.05) is 0 Å². The van der Waals surface area contributed by atoms with Crippen LogP contribution in [0.3, 0.4) is 0 Å². The van der Waals surface area contributed by atoms with Gasteiger partial charge in [-0.3, -0.25) is 9.97 Å². The van der Waals surface area contributed by atoms with Crippen molar-refractivity contribution >= 4 is 22.6 Å². The Bertz CT molecular complexity index is 474. The Morgan fingerprint density at radius 1 is 1.20 bits per heavy atom. The molecule has 0 unspecified atom stereocenters. The molecule has 0 spiro atoms. The molecule has 0 aliphatic rings. The molecule has 15 heavy (non-hydrogen) atoms. The molecule has 2 aromatic rings. The molecule has 0 fully saturated rings. The summed E-state index contributed by atoms with van der Waals surface area (Å²) in [6.45, 7) is 0. The average molecular weight is 314 g/mol. The van der Waals surface area contributed by atoms with Gasteiger partial charge in [-0.2, -0.15) is 0 Å². The molecule has 0 atom stereocenters. The highest BCUT2D eigenvalue weighted by atomic mass is 127. The van der Waals surface area contributed by atoms with E-state index in [4.69, 9.17) is 0 Å². The van der Waals surface area contributed by atoms with E-state index in [0.717, 1.165) is 9.26 Å². The number of hydrogen-bond donors (Lipinski definition) is 0. The van der Waals surface area contributed by atoms with Crippen LogP contribution in [-0.4, -0.2) is 9.97 Å². The minimum atomic E-state index is -0.260. The molecular formula is C11H8FIN2. The zero-order valence-electron chi connectivity index (χ0n) is 7.82. The first kappa shape index (κ1) is 10.5. The minimum Gasteiger partial charge on any atom is -0.258 e. The van der Waals surface area contributed by atoms with E-state index in [-0.39, 0.29) is 5.82 Å². The molecule has 4 heteroatoms. The smallest absolute Gasteiger partial charge is 0.145 e. The van der Waals surface area contributed by atoms with E-state index < -0.39 is 0 Å². The van der Waals surface area contributed by atoms with Gasteiger partial charge in [0.2, 0.25) is 0 Å². The molecule has 0 saturated carbocycles. The molecule has 0 aliphatic carbocycles. The van der Waals surface area contributed by atoms with Gasteiger partial charge in [-0.15, -0.1) is 0 Å². The Morgan fingerprint density at radius 2 is 2.07 bits per heavy atom. The van der Waals surface area contributed by atoms with Crippen LogP contribution in [0.5, 0.6) is 0 Å². The van der Waals surface area contributed by atoms with Crippen molar-refractivity contribution in [1.29, 1.82) is 0 Å². The molecule has 0 N–H and O–H groups in total. The Labute approximate surface area is 101 Å². The zero-order valence-corrected chi connectivity index (χ0v) is 9.98. The number of aromatic nitrogens is 2. The van der Waals surface area contributed by atoms with Crippen molar-refractivity contribution in [3.05, 3.63) is 57.4 Å². The maximum absolute atomic E-state index is 13.3. The summed E-state index contributed by atoms with van der Waals surface area (Å²) >= 11 is 2.13. The summed E-state index contributed by atoms with van der Waals surface area (Å²) in [5.74, 6) is -0.260. The zero-order chi connectivity index (χ0) is 10.7. The standard InChI is InChI=1S/C11H8FIN2/c12-9-2-1-4-14-10(9)6-8-3-5-15-11(13)7-8/h1-5,7H,6H2. The van der Waals surface area contributed by atoms with Gasteiger partial charge in [0.05, 0.1) is 5.69 Å². The van der Waals surface area contributed by atoms with Crippen LogP contribution >= 0.6 is 22.6 Å². The number of halogens is 2. The van der Waals surface area contributed by atoms with Crippen molar-refractivity contribution in [2.75, 3.05) is 0 Å². The molecule has 0 saturated heterocycles. The van der Waals surface area contributed by atoms with E-state index in [1.54, 1.807) is 18.5 Å². The Hall–Kier alpha value is -1.04. The predicted octanol–water partition coefficient (Wildman–Crippen LogP) is 2.81. The molecule has 0 aliphatic heterocycles. The summed E-state index contributed by atoms with van der Waals surface area (Å²) in [7, 11) is 0. The molecule has 0 radical (unpaired) electrons. The Kier molecular flexibility index (Phi) is 3.25. The van der Waals surface area contributed by atoms with Crippen molar-refractivity contribution in [2.24, 2.45) is 0 Å². The van der Waals surface area contributed by atoms with Gasteiger partial charge in [0.15, 0.2) is 0 Å². The largest absolute Gasteiger partial charge is 0.258 e. The number of nitrogens with zero attached hydrogens (tertiary/aromatic N) is 2. The van der Waals surface area contributed by atoms with E-state index in [2.05, 4.69) is 32.6 Å². The fraction of sp³-hybridized carbons (Fsp3) is 0.0909. The highest BCUT2D eigenvalue weighted by molar-refractivity contribution is 14.1. The van der Waals surface area contributed by atoms with Crippen LogP contribution in [-0.2, 0) is 6.42 Å². The molecule has 2 nitrogen and oxygen atoms in total. The number of hydrogen-bond acceptors (Lipinski definition) is 2. The fourth-order valence-corrected chi connectivity index (χ4v) is 1.86. The predicted molar refractivity (Wildman–Crippen MR) is 64.0 cm³/mol. The van der Waals surface area contributed by atoms with Crippen LogP contribution in [0.1, 0.15) is 11.3 Å². The summed E-state index contributed by atoms with van der Waals surface area (Å²) in [6, 6.07) is 6.81. The molecule has 2 aromatic heterocycles. The summed E-state index contributed by atoms with van der Waals surface area (Å²) in [4.78, 5) is 8.08. The lowest BCUT2D eigenvalue weighted by Gasteiger charge is -2.02. The Balaban J connectivity index is 2.26. The van der Waals surface area contributed by atoms with Gasteiger partial charge in [0.1, 0.15) is 9.52 Å². The van der Waals surface area contributed by atoms with E-state index in [1.807, 2.05) is 12.1 Å². The topological polar surface area (TPSA) is 25.8 Å². The molecule has 0 bridgehead atoms. The normalized spacial score (nSPS) is 10.3. The van der Waals surface area contributed by atoms with E-state index in [0.29, 0.717) is 12.1 Å². The third kappa shape index (κ3) is 2.71. The van der Waals surface area contributed by atoms with E-state index >= 15 is 0 Å². The van der Waals surface area contributed by atoms with Gasteiger partial charge in [-0.25, -0.2) is 4.39 Å². The second kappa shape index (κ2) is 4.65. The molecule has 0 aromatic carbocycles. The van der Waals surface area contributed by atoms with E-state index in [9.17, 15) is 4.39 Å². The van der Waals surface area contributed by atoms with Crippen LogP contribution in [0.15, 0.2) is 36.7 Å². The minimum absolute atomic E-state index is 0.260. The van der Waals surface area contributed by atoms with Crippen molar-refractivity contribution in [2.45, 2.75) is 6.42 Å². The van der Waals surface area contributed by atoms with Crippen LogP contribution in [0.25, 0.3) is 0 Å². The molecular weight excluding hydrogens is 306 g/mol. The van der Waals surface area contributed by atoms with E-state index in [1.165, 1.54) is 6.07 Å². The lowest BCUT2D eigenvalue weighted by atomic mass is 10.1. The highest BCUT2D eigenvalue weighted by Gasteiger charge is 2.03. The maximum atomic E-state index is 13.3. The van der Waals surface area contributed by atoms with Crippen LogP contribution < -0.4 is 0 Å². The quantitative estimate of drug-likeness (QED) is 0.629. The first-order valence-electron chi connectivity index (χ1n) is 4.45. The molecule has 2 rings (SSSR count). The second-order valence-electron chi connectivity index (χ2n) is 3.10. The van der Waals surface area contributed by atoms with Crippen molar-refractivity contribution in [1.82, 2.24) is 9.97 Å². The lowest BCUT2D eigenvalue weighted by molar-refractivity contribution is 0.604. The van der Waals surface area contributed by atoms with Gasteiger partial charge < -0.3 is 0 Å². The average Bonchev–Trinajstić information content (AvgIpc) is 2.22. The summed E-state index contributed by atoms with van der Waals surface area (Å²) in [5.41, 5.74) is 1.49. The molecule has 76 valence electrons. The third-order valence-corrected chi connectivity index (χ3v) is 2.59. The summed E-state index contributed by atoms with van der Waals surface area (Å²) in [6.07, 6.45) is 3.83. The number of pyridine rings is 2. The Morgan fingerprint density at radius 3 is 2.80 bits per heavy atom. The van der Waals surface area contributed by atoms with Crippen molar-refractivity contribution in [3.8, 4) is 0 Å². The van der Waals surface area contributed by atoms with Gasteiger partial charge in [0, 0.05) is 18.8 Å². The first-order chi connectivity index (χ1) is 7.25. The molecule has 0 amide bonds. The summed E-state index contributed by atoms with van der Waals surface area (Å²) in [5, 5.41) is 0. The fourth-order valence-electron chi connectivity index (χ4n) is 1.29. The highest BCUT2D eigenvalue weighted by Crippen LogP contribution is 2.11. The van der Waals surface area contributed by atoms with Crippen LogP contribution in [0.4, 0.5) is 4.39 Å². The van der Waals surface area contributed by atoms with Gasteiger partial charge in [0.25, 0.3) is 0 Å². The lowest BCUT2D eigenvalue weighted by Crippen LogP contribution is -1.96.